The summed E-state index contributed by atoms with van der Waals surface area (Å²) in [4.78, 5) is 21.7. The number of carboxylic acids is 1. The number of sulfonamides is 1. The number of aldehydes is 1. The van der Waals surface area contributed by atoms with Gasteiger partial charge >= 0.3 is 5.97 Å². The Hall–Kier alpha value is -2.71. The van der Waals surface area contributed by atoms with Crippen LogP contribution in [0.15, 0.2) is 53.4 Å². The maximum atomic E-state index is 12.7. The lowest BCUT2D eigenvalue weighted by atomic mass is 9.94. The van der Waals surface area contributed by atoms with E-state index in [-0.39, 0.29) is 16.9 Å². The molecule has 0 radical (unpaired) electrons. The Morgan fingerprint density at radius 3 is 2.28 bits per heavy atom. The number of hydrogen-bond donors (Lipinski definition) is 2. The fourth-order valence-electron chi connectivity index (χ4n) is 3.02. The average molecular weight is 419 g/mol. The first-order valence-corrected chi connectivity index (χ1v) is 10.8. The second-order valence-electron chi connectivity index (χ2n) is 6.59. The number of carbonyl (C=O) groups is 2. The molecule has 2 aromatic rings. The van der Waals surface area contributed by atoms with Crippen molar-refractivity contribution in [1.82, 2.24) is 4.72 Å². The van der Waals surface area contributed by atoms with Crippen LogP contribution in [-0.4, -0.2) is 31.8 Å². The molecule has 8 heteroatoms. The van der Waals surface area contributed by atoms with E-state index in [0.717, 1.165) is 12.8 Å². The van der Waals surface area contributed by atoms with Crippen LogP contribution in [0.4, 0.5) is 0 Å². The van der Waals surface area contributed by atoms with Crippen LogP contribution in [0.25, 0.3) is 0 Å². The molecule has 0 bridgehead atoms. The van der Waals surface area contributed by atoms with Crippen molar-refractivity contribution in [2.75, 3.05) is 0 Å². The van der Waals surface area contributed by atoms with Crippen LogP contribution in [-0.2, 0) is 19.6 Å². The molecule has 1 atom stereocenters. The monoisotopic (exact) mass is 419 g/mol. The third-order valence-electron chi connectivity index (χ3n) is 4.57. The number of hydrogen-bond acceptors (Lipinski definition) is 5. The van der Waals surface area contributed by atoms with Gasteiger partial charge in [0.05, 0.1) is 12.5 Å². The molecule has 0 saturated heterocycles. The number of aliphatic carboxylic acids is 1. The predicted octanol–water partition coefficient (Wildman–Crippen LogP) is 3.70. The summed E-state index contributed by atoms with van der Waals surface area (Å²) in [6.07, 6.45) is 1.66. The minimum atomic E-state index is -4.17. The molecule has 0 saturated carbocycles. The van der Waals surface area contributed by atoms with E-state index < -0.39 is 28.5 Å². The first kappa shape index (κ1) is 22.6. The molecule has 0 spiro atoms. The topological polar surface area (TPSA) is 110 Å². The fraction of sp³-hybridized carbons (Fsp3) is 0.333. The molecule has 2 aromatic carbocycles. The summed E-state index contributed by atoms with van der Waals surface area (Å²) in [6, 6.07) is 12.1. The number of ether oxygens (including phenoxy) is 1. The largest absolute Gasteiger partial charge is 0.481 e. The van der Waals surface area contributed by atoms with Gasteiger partial charge < -0.3 is 14.6 Å². The number of rotatable bonds is 11. The van der Waals surface area contributed by atoms with Gasteiger partial charge in [0, 0.05) is 0 Å². The van der Waals surface area contributed by atoms with Gasteiger partial charge in [0.25, 0.3) is 0 Å². The SMILES string of the molecule is CCC(CC)c1ccc(Oc2ccccc2S(=O)(=O)N[C@H](C=O)CC(=O)O)cc1. The lowest BCUT2D eigenvalue weighted by Crippen LogP contribution is -2.37. The third-order valence-corrected chi connectivity index (χ3v) is 6.10. The smallest absolute Gasteiger partial charge is 0.305 e. The highest BCUT2D eigenvalue weighted by Gasteiger charge is 2.25. The Bertz CT molecular complexity index is 936. The molecule has 0 aliphatic heterocycles. The third kappa shape index (κ3) is 6.13. The molecule has 0 amide bonds. The van der Waals surface area contributed by atoms with E-state index >= 15 is 0 Å². The van der Waals surface area contributed by atoms with Gasteiger partial charge in [-0.1, -0.05) is 38.1 Å². The van der Waals surface area contributed by atoms with Crippen LogP contribution in [0.1, 0.15) is 44.6 Å². The molecule has 0 heterocycles. The Kier molecular flexibility index (Phi) is 7.92. The molecule has 0 unspecified atom stereocenters. The lowest BCUT2D eigenvalue weighted by Gasteiger charge is -2.16. The number of carbonyl (C=O) groups excluding carboxylic acids is 1. The summed E-state index contributed by atoms with van der Waals surface area (Å²) >= 11 is 0. The van der Waals surface area contributed by atoms with Crippen molar-refractivity contribution in [2.45, 2.75) is 50.0 Å². The Morgan fingerprint density at radius 2 is 1.72 bits per heavy atom. The molecule has 0 aliphatic rings. The van der Waals surface area contributed by atoms with Gasteiger partial charge in [0.2, 0.25) is 10.0 Å². The van der Waals surface area contributed by atoms with Crippen molar-refractivity contribution in [3.05, 3.63) is 54.1 Å². The van der Waals surface area contributed by atoms with Crippen molar-refractivity contribution < 1.29 is 27.9 Å². The molecule has 7 nitrogen and oxygen atoms in total. The molecule has 2 N–H and O–H groups in total. The second-order valence-corrected chi connectivity index (χ2v) is 8.28. The minimum Gasteiger partial charge on any atom is -0.481 e. The number of nitrogens with one attached hydrogen (secondary N) is 1. The van der Waals surface area contributed by atoms with Gasteiger partial charge in [-0.05, 0) is 48.6 Å². The molecular formula is C21H25NO6S. The van der Waals surface area contributed by atoms with Gasteiger partial charge in [-0.3, -0.25) is 4.79 Å². The van der Waals surface area contributed by atoms with Gasteiger partial charge in [-0.2, -0.15) is 0 Å². The molecule has 0 fully saturated rings. The lowest BCUT2D eigenvalue weighted by molar-refractivity contribution is -0.138. The number of carboxylic acid groups (broad SMARTS) is 1. The van der Waals surface area contributed by atoms with Crippen molar-refractivity contribution in [2.24, 2.45) is 0 Å². The second kappa shape index (κ2) is 10.2. The molecule has 0 aromatic heterocycles. The normalized spacial score (nSPS) is 12.5. The van der Waals surface area contributed by atoms with E-state index in [1.165, 1.54) is 23.8 Å². The zero-order valence-electron chi connectivity index (χ0n) is 16.4. The van der Waals surface area contributed by atoms with Crippen LogP contribution in [0.2, 0.25) is 0 Å². The molecule has 29 heavy (non-hydrogen) atoms. The first-order valence-electron chi connectivity index (χ1n) is 9.37. The Morgan fingerprint density at radius 1 is 1.10 bits per heavy atom. The Balaban J connectivity index is 2.26. The molecule has 156 valence electrons. The minimum absolute atomic E-state index is 0.0789. The fourth-order valence-corrected chi connectivity index (χ4v) is 4.32. The van der Waals surface area contributed by atoms with Crippen LogP contribution < -0.4 is 9.46 Å². The Labute approximate surface area is 170 Å². The van der Waals surface area contributed by atoms with Gasteiger partial charge in [0.15, 0.2) is 0 Å². The van der Waals surface area contributed by atoms with Gasteiger partial charge in [0.1, 0.15) is 22.7 Å². The molecular weight excluding hydrogens is 394 g/mol. The summed E-state index contributed by atoms with van der Waals surface area (Å²) in [7, 11) is -4.17. The predicted molar refractivity (Wildman–Crippen MR) is 109 cm³/mol. The van der Waals surface area contributed by atoms with Gasteiger partial charge in [-0.15, -0.1) is 0 Å². The van der Waals surface area contributed by atoms with Gasteiger partial charge in [-0.25, -0.2) is 13.1 Å². The molecule has 0 aliphatic carbocycles. The van der Waals surface area contributed by atoms with E-state index in [1.807, 2.05) is 12.1 Å². The quantitative estimate of drug-likeness (QED) is 0.538. The number of benzene rings is 2. The standard InChI is InChI=1S/C21H25NO6S/c1-3-15(4-2)16-9-11-18(12-10-16)28-19-7-5-6-8-20(19)29(26,27)22-17(14-23)13-21(24)25/h5-12,14-15,17,22H,3-4,13H2,1-2H3,(H,24,25)/t17-/m0/s1. The van der Waals surface area contributed by atoms with Crippen LogP contribution >= 0.6 is 0 Å². The van der Waals surface area contributed by atoms with Crippen LogP contribution in [0, 0.1) is 0 Å². The number of para-hydroxylation sites is 1. The molecule has 2 rings (SSSR count). The zero-order chi connectivity index (χ0) is 21.4. The van der Waals surface area contributed by atoms with Crippen LogP contribution in [0.5, 0.6) is 11.5 Å². The summed E-state index contributed by atoms with van der Waals surface area (Å²) in [5.74, 6) is -0.280. The zero-order valence-corrected chi connectivity index (χ0v) is 17.2. The highest BCUT2D eigenvalue weighted by Crippen LogP contribution is 2.30. The summed E-state index contributed by atoms with van der Waals surface area (Å²) in [5.41, 5.74) is 1.19. The summed E-state index contributed by atoms with van der Waals surface area (Å²) in [6.45, 7) is 4.26. The van der Waals surface area contributed by atoms with Crippen molar-refractivity contribution in [3.63, 3.8) is 0 Å². The highest BCUT2D eigenvalue weighted by molar-refractivity contribution is 7.89. The van der Waals surface area contributed by atoms with E-state index in [2.05, 4.69) is 18.6 Å². The van der Waals surface area contributed by atoms with E-state index in [9.17, 15) is 18.0 Å². The van der Waals surface area contributed by atoms with Crippen LogP contribution in [0.3, 0.4) is 0 Å². The van der Waals surface area contributed by atoms with E-state index in [4.69, 9.17) is 9.84 Å². The summed E-state index contributed by atoms with van der Waals surface area (Å²) < 4.78 is 33.2. The van der Waals surface area contributed by atoms with Crippen molar-refractivity contribution >= 4 is 22.3 Å². The van der Waals surface area contributed by atoms with Crippen molar-refractivity contribution in [3.8, 4) is 11.5 Å². The maximum Gasteiger partial charge on any atom is 0.305 e. The van der Waals surface area contributed by atoms with E-state index in [1.54, 1.807) is 18.2 Å². The average Bonchev–Trinajstić information content (AvgIpc) is 2.69. The van der Waals surface area contributed by atoms with E-state index in [0.29, 0.717) is 11.7 Å². The first-order chi connectivity index (χ1) is 13.8. The summed E-state index contributed by atoms with van der Waals surface area (Å²) in [5, 5.41) is 8.81. The van der Waals surface area contributed by atoms with Crippen molar-refractivity contribution in [1.29, 1.82) is 0 Å². The maximum absolute atomic E-state index is 12.7. The highest BCUT2D eigenvalue weighted by atomic mass is 32.2.